The number of rotatable bonds is 4. The van der Waals surface area contributed by atoms with Gasteiger partial charge in [0, 0.05) is 12.4 Å². The van der Waals surface area contributed by atoms with E-state index in [0.29, 0.717) is 0 Å². The highest BCUT2D eigenvalue weighted by Crippen LogP contribution is 2.50. The zero-order valence-electron chi connectivity index (χ0n) is 31.0. The van der Waals surface area contributed by atoms with Crippen LogP contribution in [0.1, 0.15) is 105 Å². The molecule has 0 saturated heterocycles. The van der Waals surface area contributed by atoms with Crippen molar-refractivity contribution in [2.24, 2.45) is 0 Å². The first kappa shape index (κ1) is 34.5. The zero-order chi connectivity index (χ0) is 35.0. The average molecular weight is 675 g/mol. The molecule has 0 N–H and O–H groups in total. The molecule has 0 bridgehead atoms. The molecule has 0 saturated carbocycles. The summed E-state index contributed by atoms with van der Waals surface area (Å²) in [5.41, 5.74) is 12.9. The maximum atomic E-state index is 7.50. The summed E-state index contributed by atoms with van der Waals surface area (Å²) in [5.74, 6) is 0. The van der Waals surface area contributed by atoms with Crippen LogP contribution in [0, 0.1) is 0 Å². The molecule has 0 atom stereocenters. The highest BCUT2D eigenvalue weighted by atomic mass is 35.7. The van der Waals surface area contributed by atoms with E-state index in [2.05, 4.69) is 189 Å². The Bertz CT molecular complexity index is 1920. The molecule has 0 aliphatic rings. The molecule has 0 amide bonds. The summed E-state index contributed by atoms with van der Waals surface area (Å²) in [6.45, 7) is 27.6. The van der Waals surface area contributed by atoms with Crippen LogP contribution in [0.5, 0.6) is 0 Å². The number of nitrogens with zero attached hydrogens (tertiary/aromatic N) is 2. The van der Waals surface area contributed by atoms with Crippen LogP contribution in [-0.2, 0) is 21.7 Å². The number of hydrogen-bond acceptors (Lipinski definition) is 0. The van der Waals surface area contributed by atoms with Crippen LogP contribution in [0.4, 0.5) is 0 Å². The highest BCUT2D eigenvalue weighted by Gasteiger charge is 2.24. The minimum Gasteiger partial charge on any atom is -0.296 e. The monoisotopic (exact) mass is 674 g/mol. The largest absolute Gasteiger partial charge is 0.296 e. The third-order valence-electron chi connectivity index (χ3n) is 9.70. The molecule has 48 heavy (non-hydrogen) atoms. The van der Waals surface area contributed by atoms with Crippen molar-refractivity contribution < 1.29 is 0 Å². The van der Waals surface area contributed by atoms with Gasteiger partial charge in [0.05, 0.1) is 11.0 Å². The first-order valence-electron chi connectivity index (χ1n) is 17.2. The third-order valence-corrected chi connectivity index (χ3v) is 12.1. The van der Waals surface area contributed by atoms with Gasteiger partial charge < -0.3 is 0 Å². The van der Waals surface area contributed by atoms with Crippen molar-refractivity contribution in [3.8, 4) is 22.3 Å². The smallest absolute Gasteiger partial charge is 0.206 e. The van der Waals surface area contributed by atoms with E-state index in [0.717, 1.165) is 11.0 Å². The lowest BCUT2D eigenvalue weighted by atomic mass is 9.79. The van der Waals surface area contributed by atoms with E-state index in [1.54, 1.807) is 0 Å². The van der Waals surface area contributed by atoms with E-state index < -0.39 is 7.58 Å². The second-order valence-electron chi connectivity index (χ2n) is 17.7. The molecule has 0 unspecified atom stereocenters. The van der Waals surface area contributed by atoms with Crippen molar-refractivity contribution in [2.45, 2.75) is 105 Å². The highest BCUT2D eigenvalue weighted by molar-refractivity contribution is 7.81. The fourth-order valence-electron chi connectivity index (χ4n) is 6.30. The van der Waals surface area contributed by atoms with Crippen LogP contribution in [-0.4, -0.2) is 8.68 Å². The Kier molecular flexibility index (Phi) is 8.58. The summed E-state index contributed by atoms with van der Waals surface area (Å²) in [6.07, 6.45) is 4.30. The summed E-state index contributed by atoms with van der Waals surface area (Å²) in [5, 5.41) is 2.39. The maximum absolute atomic E-state index is 7.50. The Morgan fingerprint density at radius 3 is 1.00 bits per heavy atom. The fraction of sp³-hybridized carbons (Fsp3) is 0.364. The van der Waals surface area contributed by atoms with Crippen LogP contribution < -0.4 is 0 Å². The van der Waals surface area contributed by atoms with Gasteiger partial charge in [0.1, 0.15) is 0 Å². The third kappa shape index (κ3) is 6.77. The van der Waals surface area contributed by atoms with Gasteiger partial charge in [-0.3, -0.25) is 8.68 Å². The number of halogens is 1. The summed E-state index contributed by atoms with van der Waals surface area (Å²) in [6, 6.07) is 32.3. The van der Waals surface area contributed by atoms with Crippen molar-refractivity contribution >= 4 is 40.6 Å². The first-order valence-corrected chi connectivity index (χ1v) is 19.4. The number of aromatic nitrogens is 2. The van der Waals surface area contributed by atoms with Gasteiger partial charge in [-0.1, -0.05) is 144 Å². The first-order chi connectivity index (χ1) is 22.2. The Labute approximate surface area is 294 Å². The van der Waals surface area contributed by atoms with Gasteiger partial charge in [-0.25, -0.2) is 0 Å². The van der Waals surface area contributed by atoms with Crippen LogP contribution in [0.25, 0.3) is 44.1 Å². The standard InChI is InChI=1S/C44H52ClN2P/c1-41(2,3)35-21-33(22-36(27-35)42(4,5)6)31-15-13-29-17-19-46(39(29)25-31)48(45)47-20-18-30-14-16-32(26-40(30)47)34-23-37(43(7,8)9)28-38(24-34)44(10,11)12/h13-28H,1-12H3. The quantitative estimate of drug-likeness (QED) is 0.165. The molecular weight excluding hydrogens is 623 g/mol. The fourth-order valence-corrected chi connectivity index (χ4v) is 8.35. The van der Waals surface area contributed by atoms with E-state index in [4.69, 9.17) is 11.2 Å². The van der Waals surface area contributed by atoms with Gasteiger partial charge in [0.15, 0.2) is 0 Å². The van der Waals surface area contributed by atoms with E-state index in [1.807, 2.05) is 0 Å². The van der Waals surface area contributed by atoms with Crippen molar-refractivity contribution in [1.29, 1.82) is 0 Å². The van der Waals surface area contributed by atoms with Gasteiger partial charge in [-0.05, 0) is 112 Å². The SMILES string of the molecule is CC(C)(C)c1cc(-c2ccc3ccn(P(Cl)n4ccc5ccc(-c6cc(C(C)(C)C)cc(C(C)(C)C)c6)cc54)c3c2)cc(C(C)(C)C)c1. The summed E-state index contributed by atoms with van der Waals surface area (Å²) >= 11 is 7.50. The van der Waals surface area contributed by atoms with Crippen molar-refractivity contribution in [3.05, 3.63) is 120 Å². The molecule has 0 spiro atoms. The molecule has 6 aromatic rings. The van der Waals surface area contributed by atoms with Crippen LogP contribution in [0.15, 0.2) is 97.3 Å². The predicted octanol–water partition coefficient (Wildman–Crippen LogP) is 14.0. The van der Waals surface area contributed by atoms with Gasteiger partial charge in [-0.2, -0.15) is 0 Å². The maximum Gasteiger partial charge on any atom is 0.206 e. The zero-order valence-corrected chi connectivity index (χ0v) is 32.6. The number of benzene rings is 4. The molecule has 2 aromatic heterocycles. The molecule has 250 valence electrons. The molecule has 0 radical (unpaired) electrons. The lowest BCUT2D eigenvalue weighted by Gasteiger charge is -2.26. The van der Waals surface area contributed by atoms with E-state index in [-0.39, 0.29) is 21.7 Å². The minimum absolute atomic E-state index is 0.0570. The molecule has 0 fully saturated rings. The second-order valence-corrected chi connectivity index (χ2v) is 20.0. The molecule has 4 aromatic carbocycles. The van der Waals surface area contributed by atoms with Crippen molar-refractivity contribution in [1.82, 2.24) is 8.68 Å². The number of fused-ring (bicyclic) bond motifs is 2. The van der Waals surface area contributed by atoms with Crippen LogP contribution >= 0.6 is 18.8 Å². The van der Waals surface area contributed by atoms with Crippen LogP contribution in [0.3, 0.4) is 0 Å². The Morgan fingerprint density at radius 2 is 0.708 bits per heavy atom. The molecular formula is C44H52ClN2P. The van der Waals surface area contributed by atoms with Gasteiger partial charge >= 0.3 is 0 Å². The normalized spacial score (nSPS) is 13.3. The minimum atomic E-state index is -1.25. The lowest BCUT2D eigenvalue weighted by Crippen LogP contribution is -2.16. The average Bonchev–Trinajstić information content (AvgIpc) is 3.62. The Morgan fingerprint density at radius 1 is 0.396 bits per heavy atom. The summed E-state index contributed by atoms with van der Waals surface area (Å²) < 4.78 is 4.52. The van der Waals surface area contributed by atoms with E-state index in [9.17, 15) is 0 Å². The second kappa shape index (κ2) is 11.9. The summed E-state index contributed by atoms with van der Waals surface area (Å²) in [4.78, 5) is 0. The van der Waals surface area contributed by atoms with Gasteiger partial charge in [0.2, 0.25) is 7.58 Å². The Hall–Kier alpha value is -3.32. The van der Waals surface area contributed by atoms with Crippen molar-refractivity contribution in [3.63, 3.8) is 0 Å². The van der Waals surface area contributed by atoms with Crippen molar-refractivity contribution in [2.75, 3.05) is 0 Å². The van der Waals surface area contributed by atoms with Crippen LogP contribution in [0.2, 0.25) is 0 Å². The molecule has 2 heterocycles. The Balaban J connectivity index is 1.44. The van der Waals surface area contributed by atoms with E-state index >= 15 is 0 Å². The lowest BCUT2D eigenvalue weighted by molar-refractivity contribution is 0.568. The molecule has 0 aliphatic carbocycles. The van der Waals surface area contributed by atoms with E-state index in [1.165, 1.54) is 55.3 Å². The molecule has 2 nitrogen and oxygen atoms in total. The number of hydrogen-bond donors (Lipinski definition) is 0. The molecule has 4 heteroatoms. The van der Waals surface area contributed by atoms with Gasteiger partial charge in [0.25, 0.3) is 0 Å². The van der Waals surface area contributed by atoms with Gasteiger partial charge in [-0.15, -0.1) is 0 Å². The molecule has 0 aliphatic heterocycles. The molecule has 6 rings (SSSR count). The summed E-state index contributed by atoms with van der Waals surface area (Å²) in [7, 11) is -1.25. The predicted molar refractivity (Wildman–Crippen MR) is 213 cm³/mol. The topological polar surface area (TPSA) is 9.86 Å².